The number of rotatable bonds is 8. The molecular weight excluding hydrogens is 454 g/mol. The number of carbonyl (C=O) groups is 2. The Balaban J connectivity index is 1.39. The maximum absolute atomic E-state index is 12.7. The molecule has 1 saturated heterocycles. The SMILES string of the molecule is COc1ccc2c(CC(=O)N[C@@H](CO)C(=O)Nc3ccc(N4CCOCC4)cc3)cc(=O)oc2c1. The normalized spacial score (nSPS) is 14.4. The maximum Gasteiger partial charge on any atom is 0.336 e. The molecule has 2 aromatic carbocycles. The number of nitrogens with zero attached hydrogens (tertiary/aromatic N) is 1. The van der Waals surface area contributed by atoms with E-state index in [4.69, 9.17) is 13.9 Å². The fourth-order valence-electron chi connectivity index (χ4n) is 3.90. The van der Waals surface area contributed by atoms with Crippen LogP contribution in [-0.2, 0) is 20.7 Å². The van der Waals surface area contributed by atoms with Gasteiger partial charge < -0.3 is 34.5 Å². The highest BCUT2D eigenvalue weighted by Gasteiger charge is 2.21. The topological polar surface area (TPSA) is 130 Å². The molecule has 4 rings (SSSR count). The van der Waals surface area contributed by atoms with Crippen molar-refractivity contribution in [2.24, 2.45) is 0 Å². The lowest BCUT2D eigenvalue weighted by molar-refractivity contribution is -0.126. The van der Waals surface area contributed by atoms with Crippen LogP contribution in [0.1, 0.15) is 5.56 Å². The van der Waals surface area contributed by atoms with E-state index >= 15 is 0 Å². The van der Waals surface area contributed by atoms with Crippen molar-refractivity contribution in [3.05, 3.63) is 64.5 Å². The van der Waals surface area contributed by atoms with Gasteiger partial charge in [0.25, 0.3) is 0 Å². The molecule has 0 unspecified atom stereocenters. The predicted octanol–water partition coefficient (Wildman–Crippen LogP) is 1.30. The highest BCUT2D eigenvalue weighted by Crippen LogP contribution is 2.23. The van der Waals surface area contributed by atoms with Crippen molar-refractivity contribution in [1.82, 2.24) is 5.32 Å². The van der Waals surface area contributed by atoms with Crippen LogP contribution in [0.4, 0.5) is 11.4 Å². The van der Waals surface area contributed by atoms with E-state index < -0.39 is 30.1 Å². The summed E-state index contributed by atoms with van der Waals surface area (Å²) in [5, 5.41) is 15.5. The first kappa shape index (κ1) is 24.2. The Morgan fingerprint density at radius 2 is 1.86 bits per heavy atom. The molecule has 0 bridgehead atoms. The first-order valence-electron chi connectivity index (χ1n) is 11.2. The van der Waals surface area contributed by atoms with Gasteiger partial charge in [-0.15, -0.1) is 0 Å². The van der Waals surface area contributed by atoms with E-state index in [1.54, 1.807) is 30.3 Å². The first-order valence-corrected chi connectivity index (χ1v) is 11.2. The van der Waals surface area contributed by atoms with Gasteiger partial charge in [-0.1, -0.05) is 0 Å². The Bertz CT molecular complexity index is 1250. The molecule has 0 spiro atoms. The van der Waals surface area contributed by atoms with E-state index in [9.17, 15) is 19.5 Å². The van der Waals surface area contributed by atoms with E-state index in [0.29, 0.717) is 35.6 Å². The first-order chi connectivity index (χ1) is 17.0. The number of aliphatic hydroxyl groups is 1. The minimum absolute atomic E-state index is 0.174. The molecule has 1 aliphatic heterocycles. The lowest BCUT2D eigenvalue weighted by atomic mass is 10.1. The van der Waals surface area contributed by atoms with Gasteiger partial charge in [0.15, 0.2) is 0 Å². The Morgan fingerprint density at radius 3 is 2.54 bits per heavy atom. The number of nitrogens with one attached hydrogen (secondary N) is 2. The second-order valence-electron chi connectivity index (χ2n) is 8.07. The molecular formula is C25H27N3O7. The third-order valence-corrected chi connectivity index (χ3v) is 5.73. The third-order valence-electron chi connectivity index (χ3n) is 5.73. The van der Waals surface area contributed by atoms with Crippen molar-refractivity contribution in [2.75, 3.05) is 50.2 Å². The van der Waals surface area contributed by atoms with Crippen molar-refractivity contribution < 1.29 is 28.6 Å². The summed E-state index contributed by atoms with van der Waals surface area (Å²) in [5.41, 5.74) is 1.69. The van der Waals surface area contributed by atoms with Crippen molar-refractivity contribution in [1.29, 1.82) is 0 Å². The number of hydrogen-bond acceptors (Lipinski definition) is 8. The molecule has 1 fully saturated rings. The van der Waals surface area contributed by atoms with E-state index in [0.717, 1.165) is 18.8 Å². The Hall–Kier alpha value is -3.89. The molecule has 0 aliphatic carbocycles. The number of morpholine rings is 1. The fourth-order valence-corrected chi connectivity index (χ4v) is 3.90. The van der Waals surface area contributed by atoms with Crippen LogP contribution in [0.2, 0.25) is 0 Å². The molecule has 35 heavy (non-hydrogen) atoms. The highest BCUT2D eigenvalue weighted by atomic mass is 16.5. The minimum atomic E-state index is -1.16. The number of hydrogen-bond donors (Lipinski definition) is 3. The van der Waals surface area contributed by atoms with Gasteiger partial charge in [-0.05, 0) is 42.0 Å². The van der Waals surface area contributed by atoms with Gasteiger partial charge in [0.1, 0.15) is 17.4 Å². The summed E-state index contributed by atoms with van der Waals surface area (Å²) in [4.78, 5) is 39.5. The van der Waals surface area contributed by atoms with Crippen LogP contribution in [-0.4, -0.2) is 63.0 Å². The number of fused-ring (bicyclic) bond motifs is 1. The van der Waals surface area contributed by atoms with Crippen molar-refractivity contribution in [3.63, 3.8) is 0 Å². The molecule has 2 heterocycles. The van der Waals surface area contributed by atoms with Crippen LogP contribution in [0.25, 0.3) is 11.0 Å². The number of aliphatic hydroxyl groups excluding tert-OH is 1. The standard InChI is InChI=1S/C25H27N3O7/c1-33-19-6-7-20-16(13-24(31)35-22(20)14-19)12-23(30)27-21(15-29)25(32)26-17-2-4-18(5-3-17)28-8-10-34-11-9-28/h2-7,13-14,21,29H,8-12,15H2,1H3,(H,26,32)(H,27,30)/t21-/m0/s1. The summed E-state index contributed by atoms with van der Waals surface area (Å²) >= 11 is 0. The van der Waals surface area contributed by atoms with Gasteiger partial charge in [-0.2, -0.15) is 0 Å². The third kappa shape index (κ3) is 5.97. The zero-order chi connectivity index (χ0) is 24.8. The summed E-state index contributed by atoms with van der Waals surface area (Å²) in [7, 11) is 1.50. The second kappa shape index (κ2) is 11.0. The van der Waals surface area contributed by atoms with E-state index in [1.165, 1.54) is 13.2 Å². The smallest absolute Gasteiger partial charge is 0.336 e. The number of methoxy groups -OCH3 is 1. The summed E-state index contributed by atoms with van der Waals surface area (Å²) in [6.07, 6.45) is -0.174. The molecule has 1 aliphatic rings. The average Bonchev–Trinajstić information content (AvgIpc) is 2.87. The molecule has 184 valence electrons. The molecule has 0 radical (unpaired) electrons. The van der Waals surface area contributed by atoms with Crippen LogP contribution in [0, 0.1) is 0 Å². The summed E-state index contributed by atoms with van der Waals surface area (Å²) < 4.78 is 15.7. The van der Waals surface area contributed by atoms with Gasteiger partial charge in [0.05, 0.1) is 33.4 Å². The zero-order valence-electron chi connectivity index (χ0n) is 19.3. The molecule has 2 amide bonds. The Kier molecular flexibility index (Phi) is 7.64. The van der Waals surface area contributed by atoms with Crippen LogP contribution in [0.5, 0.6) is 5.75 Å². The van der Waals surface area contributed by atoms with Gasteiger partial charge in [-0.3, -0.25) is 9.59 Å². The quantitative estimate of drug-likeness (QED) is 0.411. The minimum Gasteiger partial charge on any atom is -0.497 e. The largest absolute Gasteiger partial charge is 0.497 e. The highest BCUT2D eigenvalue weighted by molar-refractivity contribution is 5.98. The summed E-state index contributed by atoms with van der Waals surface area (Å²) in [6.45, 7) is 2.37. The predicted molar refractivity (Wildman–Crippen MR) is 130 cm³/mol. The van der Waals surface area contributed by atoms with Gasteiger partial charge in [-0.25, -0.2) is 4.79 Å². The molecule has 1 aromatic heterocycles. The van der Waals surface area contributed by atoms with E-state index in [2.05, 4.69) is 15.5 Å². The lowest BCUT2D eigenvalue weighted by Gasteiger charge is -2.29. The number of anilines is 2. The molecule has 10 heteroatoms. The lowest BCUT2D eigenvalue weighted by Crippen LogP contribution is -2.46. The van der Waals surface area contributed by atoms with Gasteiger partial charge >= 0.3 is 5.63 Å². The number of carbonyl (C=O) groups excluding carboxylic acids is 2. The van der Waals surface area contributed by atoms with Crippen molar-refractivity contribution in [2.45, 2.75) is 12.5 Å². The van der Waals surface area contributed by atoms with Crippen LogP contribution < -0.4 is 25.9 Å². The molecule has 1 atom stereocenters. The van der Waals surface area contributed by atoms with E-state index in [-0.39, 0.29) is 12.0 Å². The molecule has 3 aromatic rings. The van der Waals surface area contributed by atoms with Crippen LogP contribution in [0.3, 0.4) is 0 Å². The monoisotopic (exact) mass is 481 g/mol. The molecule has 3 N–H and O–H groups in total. The number of benzene rings is 2. The van der Waals surface area contributed by atoms with Gasteiger partial charge in [0.2, 0.25) is 11.8 Å². The molecule has 10 nitrogen and oxygen atoms in total. The number of ether oxygens (including phenoxy) is 2. The van der Waals surface area contributed by atoms with Gasteiger partial charge in [0, 0.05) is 42.0 Å². The van der Waals surface area contributed by atoms with Crippen LogP contribution in [0.15, 0.2) is 57.7 Å². The van der Waals surface area contributed by atoms with Crippen molar-refractivity contribution >= 4 is 34.2 Å². The zero-order valence-corrected chi connectivity index (χ0v) is 19.3. The summed E-state index contributed by atoms with van der Waals surface area (Å²) in [6, 6.07) is 12.3. The average molecular weight is 482 g/mol. The van der Waals surface area contributed by atoms with E-state index in [1.807, 2.05) is 12.1 Å². The maximum atomic E-state index is 12.7. The summed E-state index contributed by atoms with van der Waals surface area (Å²) in [5.74, 6) is -0.566. The molecule has 0 saturated carbocycles. The fraction of sp³-hybridized carbons (Fsp3) is 0.320. The van der Waals surface area contributed by atoms with Crippen molar-refractivity contribution in [3.8, 4) is 5.75 Å². The van der Waals surface area contributed by atoms with Crippen LogP contribution >= 0.6 is 0 Å². The number of amides is 2. The Morgan fingerprint density at radius 1 is 1.11 bits per heavy atom. The second-order valence-corrected chi connectivity index (χ2v) is 8.07. The Labute approximate surface area is 201 Å².